The third-order valence-corrected chi connectivity index (χ3v) is 6.39. The Labute approximate surface area is 176 Å². The molecule has 2 heterocycles. The number of urea groups is 1. The van der Waals surface area contributed by atoms with Crippen LogP contribution in [0.2, 0.25) is 0 Å². The van der Waals surface area contributed by atoms with Crippen molar-refractivity contribution in [1.29, 1.82) is 0 Å². The van der Waals surface area contributed by atoms with E-state index in [2.05, 4.69) is 5.32 Å². The summed E-state index contributed by atoms with van der Waals surface area (Å²) in [5.74, 6) is -0.613. The van der Waals surface area contributed by atoms with E-state index < -0.39 is 6.04 Å². The molecule has 1 aromatic rings. The summed E-state index contributed by atoms with van der Waals surface area (Å²) < 4.78 is 13.5. The van der Waals surface area contributed by atoms with Crippen LogP contribution < -0.4 is 5.32 Å². The van der Waals surface area contributed by atoms with Crippen LogP contribution in [0.25, 0.3) is 0 Å². The first-order valence-corrected chi connectivity index (χ1v) is 10.9. The van der Waals surface area contributed by atoms with E-state index in [1.54, 1.807) is 21.9 Å². The molecule has 0 radical (unpaired) electrons. The first kappa shape index (κ1) is 20.6. The molecule has 2 saturated heterocycles. The minimum atomic E-state index is -0.563. The molecule has 1 aliphatic carbocycles. The Morgan fingerprint density at radius 3 is 2.63 bits per heavy atom. The largest absolute Gasteiger partial charge is 0.335 e. The van der Waals surface area contributed by atoms with Crippen LogP contribution in [0.3, 0.4) is 0 Å². The van der Waals surface area contributed by atoms with Gasteiger partial charge < -0.3 is 20.0 Å². The first-order valence-electron chi connectivity index (χ1n) is 10.9. The van der Waals surface area contributed by atoms with E-state index >= 15 is 0 Å². The fourth-order valence-corrected chi connectivity index (χ4v) is 4.73. The maximum absolute atomic E-state index is 13.5. The number of hydrogen-bond donors (Lipinski definition) is 1. The van der Waals surface area contributed by atoms with Gasteiger partial charge in [0.05, 0.1) is 0 Å². The lowest BCUT2D eigenvalue weighted by atomic mass is 9.96. The second-order valence-corrected chi connectivity index (χ2v) is 8.49. The number of fused-ring (bicyclic) bond motifs is 1. The Morgan fingerprint density at radius 2 is 1.87 bits per heavy atom. The van der Waals surface area contributed by atoms with Crippen molar-refractivity contribution in [3.8, 4) is 0 Å². The van der Waals surface area contributed by atoms with Gasteiger partial charge in [-0.15, -0.1) is 0 Å². The van der Waals surface area contributed by atoms with E-state index in [-0.39, 0.29) is 42.8 Å². The summed E-state index contributed by atoms with van der Waals surface area (Å²) in [7, 11) is 0. The molecule has 1 N–H and O–H groups in total. The van der Waals surface area contributed by atoms with Gasteiger partial charge in [-0.1, -0.05) is 31.4 Å². The average molecular weight is 416 g/mol. The maximum atomic E-state index is 13.5. The zero-order valence-corrected chi connectivity index (χ0v) is 17.2. The number of carbonyl (C=O) groups is 3. The van der Waals surface area contributed by atoms with Crippen molar-refractivity contribution in [3.63, 3.8) is 0 Å². The summed E-state index contributed by atoms with van der Waals surface area (Å²) in [6.07, 6.45) is 5.96. The number of rotatable bonds is 3. The van der Waals surface area contributed by atoms with Gasteiger partial charge in [-0.25, -0.2) is 9.18 Å². The predicted molar refractivity (Wildman–Crippen MR) is 109 cm³/mol. The normalized spacial score (nSPS) is 23.2. The Bertz CT molecular complexity index is 811. The standard InChI is InChI=1S/C22H29FN4O3/c23-17-6-4-5-16(13-17)14-26-15-20(28)27-12-11-25(10-9-19(27)21(26)29)22(30)24-18-7-2-1-3-8-18/h4-6,13,18-19H,1-3,7-12,14-15H2,(H,24,30)/t19-/m0/s1. The quantitative estimate of drug-likeness (QED) is 0.820. The van der Waals surface area contributed by atoms with E-state index in [0.717, 1.165) is 25.7 Å². The summed E-state index contributed by atoms with van der Waals surface area (Å²) in [4.78, 5) is 43.3. The van der Waals surface area contributed by atoms with Gasteiger partial charge in [0.15, 0.2) is 0 Å². The van der Waals surface area contributed by atoms with E-state index in [1.807, 2.05) is 0 Å². The van der Waals surface area contributed by atoms with E-state index in [0.29, 0.717) is 31.6 Å². The van der Waals surface area contributed by atoms with E-state index in [9.17, 15) is 18.8 Å². The molecule has 2 aliphatic heterocycles. The Morgan fingerprint density at radius 1 is 1.07 bits per heavy atom. The summed E-state index contributed by atoms with van der Waals surface area (Å²) in [5, 5.41) is 3.12. The molecule has 4 amide bonds. The highest BCUT2D eigenvalue weighted by molar-refractivity contribution is 5.95. The van der Waals surface area contributed by atoms with E-state index in [4.69, 9.17) is 0 Å². The highest BCUT2D eigenvalue weighted by Crippen LogP contribution is 2.22. The summed E-state index contributed by atoms with van der Waals surface area (Å²) in [5.41, 5.74) is 0.659. The monoisotopic (exact) mass is 416 g/mol. The van der Waals surface area contributed by atoms with Crippen LogP contribution in [-0.2, 0) is 16.1 Å². The molecule has 1 saturated carbocycles. The number of amides is 4. The van der Waals surface area contributed by atoms with Gasteiger partial charge >= 0.3 is 6.03 Å². The number of nitrogens with one attached hydrogen (secondary N) is 1. The average Bonchev–Trinajstić information content (AvgIpc) is 2.96. The van der Waals surface area contributed by atoms with Gasteiger partial charge in [0.2, 0.25) is 11.8 Å². The molecular weight excluding hydrogens is 387 g/mol. The lowest BCUT2D eigenvalue weighted by Crippen LogP contribution is -2.59. The van der Waals surface area contributed by atoms with Crippen molar-refractivity contribution in [1.82, 2.24) is 20.0 Å². The molecule has 7 nitrogen and oxygen atoms in total. The SMILES string of the molecule is O=C(NC1CCCCC1)N1CC[C@H]2C(=O)N(Cc3cccc(F)c3)CC(=O)N2CC1. The second kappa shape index (κ2) is 9.02. The number of piperazine rings is 1. The summed E-state index contributed by atoms with van der Waals surface area (Å²) in [6, 6.07) is 5.65. The van der Waals surface area contributed by atoms with Gasteiger partial charge in [0, 0.05) is 32.2 Å². The van der Waals surface area contributed by atoms with Crippen molar-refractivity contribution >= 4 is 17.8 Å². The number of carbonyl (C=O) groups excluding carboxylic acids is 3. The van der Waals surface area contributed by atoms with Gasteiger partial charge in [0.25, 0.3) is 0 Å². The zero-order chi connectivity index (χ0) is 21.1. The molecule has 0 bridgehead atoms. The van der Waals surface area contributed by atoms with Crippen LogP contribution >= 0.6 is 0 Å². The Kier molecular flexibility index (Phi) is 6.20. The highest BCUT2D eigenvalue weighted by atomic mass is 19.1. The maximum Gasteiger partial charge on any atom is 0.317 e. The summed E-state index contributed by atoms with van der Waals surface area (Å²) >= 11 is 0. The Balaban J connectivity index is 1.39. The Hall–Kier alpha value is -2.64. The molecule has 3 aliphatic rings. The molecule has 0 aromatic heterocycles. The van der Waals surface area contributed by atoms with Crippen LogP contribution in [0, 0.1) is 5.82 Å². The van der Waals surface area contributed by atoms with Crippen molar-refractivity contribution < 1.29 is 18.8 Å². The van der Waals surface area contributed by atoms with Crippen molar-refractivity contribution in [3.05, 3.63) is 35.6 Å². The molecule has 3 fully saturated rings. The number of halogens is 1. The van der Waals surface area contributed by atoms with Crippen LogP contribution in [0.5, 0.6) is 0 Å². The third kappa shape index (κ3) is 4.57. The molecular formula is C22H29FN4O3. The first-order chi connectivity index (χ1) is 14.5. The lowest BCUT2D eigenvalue weighted by molar-refractivity contribution is -0.156. The van der Waals surface area contributed by atoms with Crippen molar-refractivity contribution in [2.45, 2.75) is 57.2 Å². The topological polar surface area (TPSA) is 73.0 Å². The minimum absolute atomic E-state index is 0.0138. The van der Waals surface area contributed by atoms with Crippen LogP contribution in [0.15, 0.2) is 24.3 Å². The van der Waals surface area contributed by atoms with Gasteiger partial charge in [0.1, 0.15) is 18.4 Å². The minimum Gasteiger partial charge on any atom is -0.335 e. The molecule has 162 valence electrons. The second-order valence-electron chi connectivity index (χ2n) is 8.49. The number of hydrogen-bond acceptors (Lipinski definition) is 3. The molecule has 30 heavy (non-hydrogen) atoms. The van der Waals surface area contributed by atoms with Crippen LogP contribution in [0.4, 0.5) is 9.18 Å². The molecule has 1 atom stereocenters. The highest BCUT2D eigenvalue weighted by Gasteiger charge is 2.41. The fraction of sp³-hybridized carbons (Fsp3) is 0.591. The lowest BCUT2D eigenvalue weighted by Gasteiger charge is -2.39. The van der Waals surface area contributed by atoms with Crippen LogP contribution in [-0.4, -0.2) is 70.8 Å². The molecule has 1 aromatic carbocycles. The predicted octanol–water partition coefficient (Wildman–Crippen LogP) is 2.11. The van der Waals surface area contributed by atoms with Crippen molar-refractivity contribution in [2.75, 3.05) is 26.2 Å². The molecule has 0 unspecified atom stereocenters. The third-order valence-electron chi connectivity index (χ3n) is 6.39. The van der Waals surface area contributed by atoms with Gasteiger partial charge in [-0.2, -0.15) is 0 Å². The van der Waals surface area contributed by atoms with E-state index in [1.165, 1.54) is 23.5 Å². The molecule has 8 heteroatoms. The number of benzene rings is 1. The fourth-order valence-electron chi connectivity index (χ4n) is 4.73. The molecule has 0 spiro atoms. The van der Waals surface area contributed by atoms with Gasteiger partial charge in [-0.05, 0) is 37.0 Å². The van der Waals surface area contributed by atoms with Crippen molar-refractivity contribution in [2.24, 2.45) is 0 Å². The summed E-state index contributed by atoms with van der Waals surface area (Å²) in [6.45, 7) is 1.42. The van der Waals surface area contributed by atoms with Crippen LogP contribution in [0.1, 0.15) is 44.1 Å². The number of nitrogens with zero attached hydrogens (tertiary/aromatic N) is 3. The smallest absolute Gasteiger partial charge is 0.317 e. The zero-order valence-electron chi connectivity index (χ0n) is 17.2. The van der Waals surface area contributed by atoms with Gasteiger partial charge in [-0.3, -0.25) is 9.59 Å². The molecule has 4 rings (SSSR count).